The van der Waals surface area contributed by atoms with Crippen molar-refractivity contribution in [1.82, 2.24) is 0 Å². The quantitative estimate of drug-likeness (QED) is 0.662. The highest BCUT2D eigenvalue weighted by Gasteiger charge is 2.43. The van der Waals surface area contributed by atoms with Gasteiger partial charge in [-0.15, -0.1) is 0 Å². The van der Waals surface area contributed by atoms with Crippen LogP contribution in [0.2, 0.25) is 0 Å². The van der Waals surface area contributed by atoms with Crippen LogP contribution >= 0.6 is 0 Å². The molecule has 0 amide bonds. The molecule has 0 spiro atoms. The van der Waals surface area contributed by atoms with Gasteiger partial charge in [0.25, 0.3) is 0 Å². The van der Waals surface area contributed by atoms with Gasteiger partial charge in [0.05, 0.1) is 0 Å². The average Bonchev–Trinajstić information content (AvgIpc) is 2.87. The fourth-order valence-corrected chi connectivity index (χ4v) is 2.28. The second kappa shape index (κ2) is 3.45. The highest BCUT2D eigenvalue weighted by Crippen LogP contribution is 2.49. The Hall–Kier alpha value is -0.300. The van der Waals surface area contributed by atoms with Crippen molar-refractivity contribution in [3.8, 4) is 0 Å². The van der Waals surface area contributed by atoms with Crippen LogP contribution < -0.4 is 5.73 Å². The zero-order valence-corrected chi connectivity index (χ0v) is 8.63. The molecular formula is C12H21N. The lowest BCUT2D eigenvalue weighted by atomic mass is 9.84. The maximum absolute atomic E-state index is 6.22. The second-order valence-electron chi connectivity index (χ2n) is 5.15. The first-order valence-electron chi connectivity index (χ1n) is 5.61. The van der Waals surface area contributed by atoms with Gasteiger partial charge in [-0.25, -0.2) is 0 Å². The summed E-state index contributed by atoms with van der Waals surface area (Å²) in [7, 11) is 0. The lowest BCUT2D eigenvalue weighted by Crippen LogP contribution is -2.32. The Kier molecular flexibility index (Phi) is 2.46. The minimum absolute atomic E-state index is 0.462. The van der Waals surface area contributed by atoms with Crippen LogP contribution in [-0.4, -0.2) is 6.04 Å². The molecule has 1 saturated carbocycles. The van der Waals surface area contributed by atoms with Crippen molar-refractivity contribution in [3.05, 3.63) is 12.2 Å². The molecule has 0 heterocycles. The summed E-state index contributed by atoms with van der Waals surface area (Å²) >= 11 is 0. The smallest absolute Gasteiger partial charge is 0.00956 e. The molecule has 2 aliphatic rings. The molecule has 74 valence electrons. The molecule has 1 fully saturated rings. The highest BCUT2D eigenvalue weighted by molar-refractivity contribution is 4.99. The van der Waals surface area contributed by atoms with E-state index in [9.17, 15) is 0 Å². The highest BCUT2D eigenvalue weighted by atomic mass is 14.7. The molecule has 2 aliphatic carbocycles. The van der Waals surface area contributed by atoms with Gasteiger partial charge in [-0.1, -0.05) is 19.1 Å². The van der Waals surface area contributed by atoms with E-state index in [-0.39, 0.29) is 0 Å². The maximum Gasteiger partial charge on any atom is 0.00956 e. The van der Waals surface area contributed by atoms with E-state index in [1.807, 2.05) is 0 Å². The summed E-state index contributed by atoms with van der Waals surface area (Å²) in [6, 6.07) is 0.462. The van der Waals surface area contributed by atoms with Gasteiger partial charge in [0.15, 0.2) is 0 Å². The Bertz CT molecular complexity index is 203. The Balaban J connectivity index is 1.80. The number of hydrogen-bond acceptors (Lipinski definition) is 1. The molecule has 2 unspecified atom stereocenters. The van der Waals surface area contributed by atoms with Crippen molar-refractivity contribution in [1.29, 1.82) is 0 Å². The topological polar surface area (TPSA) is 26.0 Å². The summed E-state index contributed by atoms with van der Waals surface area (Å²) in [4.78, 5) is 0. The van der Waals surface area contributed by atoms with Crippen molar-refractivity contribution in [3.63, 3.8) is 0 Å². The lowest BCUT2D eigenvalue weighted by Gasteiger charge is -2.25. The monoisotopic (exact) mass is 179 g/mol. The van der Waals surface area contributed by atoms with Gasteiger partial charge in [0.2, 0.25) is 0 Å². The third kappa shape index (κ3) is 2.14. The van der Waals surface area contributed by atoms with Crippen LogP contribution in [0.4, 0.5) is 0 Å². The predicted octanol–water partition coefficient (Wildman–Crippen LogP) is 2.86. The van der Waals surface area contributed by atoms with Gasteiger partial charge in [-0.3, -0.25) is 0 Å². The first-order chi connectivity index (χ1) is 6.21. The Morgan fingerprint density at radius 2 is 2.23 bits per heavy atom. The fraction of sp³-hybridized carbons (Fsp3) is 0.833. The molecule has 0 radical (unpaired) electrons. The van der Waals surface area contributed by atoms with Gasteiger partial charge in [-0.05, 0) is 49.9 Å². The molecule has 0 aromatic carbocycles. The molecule has 0 saturated heterocycles. The number of hydrogen-bond donors (Lipinski definition) is 1. The molecule has 2 N–H and O–H groups in total. The van der Waals surface area contributed by atoms with Crippen LogP contribution in [0.15, 0.2) is 12.2 Å². The molecule has 0 aromatic heterocycles. The third-order valence-electron chi connectivity index (χ3n) is 3.90. The Morgan fingerprint density at radius 1 is 1.46 bits per heavy atom. The summed E-state index contributed by atoms with van der Waals surface area (Å²) in [6.07, 6.45) is 12.5. The van der Waals surface area contributed by atoms with Crippen LogP contribution in [-0.2, 0) is 0 Å². The van der Waals surface area contributed by atoms with Crippen molar-refractivity contribution in [2.45, 2.75) is 51.5 Å². The fourth-order valence-electron chi connectivity index (χ4n) is 2.28. The van der Waals surface area contributed by atoms with E-state index in [1.54, 1.807) is 0 Å². The van der Waals surface area contributed by atoms with Crippen LogP contribution in [0.3, 0.4) is 0 Å². The summed E-state index contributed by atoms with van der Waals surface area (Å²) in [5, 5.41) is 0. The molecule has 0 aromatic rings. The van der Waals surface area contributed by atoms with E-state index in [2.05, 4.69) is 19.1 Å². The van der Waals surface area contributed by atoms with Crippen LogP contribution in [0.25, 0.3) is 0 Å². The van der Waals surface area contributed by atoms with Crippen molar-refractivity contribution in [2.75, 3.05) is 0 Å². The molecule has 0 aliphatic heterocycles. The zero-order chi connectivity index (χ0) is 9.31. The average molecular weight is 179 g/mol. The Morgan fingerprint density at radius 3 is 2.77 bits per heavy atom. The normalized spacial score (nSPS) is 32.9. The molecule has 0 bridgehead atoms. The minimum Gasteiger partial charge on any atom is -0.327 e. The van der Waals surface area contributed by atoms with Crippen molar-refractivity contribution in [2.24, 2.45) is 17.1 Å². The largest absolute Gasteiger partial charge is 0.327 e. The molecule has 2 atom stereocenters. The SMILES string of the molecule is CC1(C(N)CC2CC=CCC2)CC1. The van der Waals surface area contributed by atoms with Crippen LogP contribution in [0.5, 0.6) is 0 Å². The maximum atomic E-state index is 6.22. The molecular weight excluding hydrogens is 158 g/mol. The van der Waals surface area contributed by atoms with E-state index in [1.165, 1.54) is 38.5 Å². The number of rotatable bonds is 3. The standard InChI is InChI=1S/C12H21N/c1-12(7-8-12)11(13)9-10-5-3-2-4-6-10/h2-3,10-11H,4-9,13H2,1H3. The summed E-state index contributed by atoms with van der Waals surface area (Å²) in [5.41, 5.74) is 6.74. The van der Waals surface area contributed by atoms with E-state index in [0.717, 1.165) is 5.92 Å². The van der Waals surface area contributed by atoms with Gasteiger partial charge < -0.3 is 5.73 Å². The Labute approximate surface area is 81.4 Å². The molecule has 1 nitrogen and oxygen atoms in total. The first-order valence-corrected chi connectivity index (χ1v) is 5.61. The van der Waals surface area contributed by atoms with Crippen molar-refractivity contribution >= 4 is 0 Å². The van der Waals surface area contributed by atoms with E-state index in [0.29, 0.717) is 11.5 Å². The third-order valence-corrected chi connectivity index (χ3v) is 3.90. The van der Waals surface area contributed by atoms with Crippen LogP contribution in [0.1, 0.15) is 45.4 Å². The molecule has 1 heteroatoms. The zero-order valence-electron chi connectivity index (χ0n) is 8.63. The molecule has 2 rings (SSSR count). The van der Waals surface area contributed by atoms with Gasteiger partial charge >= 0.3 is 0 Å². The van der Waals surface area contributed by atoms with Gasteiger partial charge in [-0.2, -0.15) is 0 Å². The van der Waals surface area contributed by atoms with Gasteiger partial charge in [0.1, 0.15) is 0 Å². The summed E-state index contributed by atoms with van der Waals surface area (Å²) < 4.78 is 0. The van der Waals surface area contributed by atoms with E-state index < -0.39 is 0 Å². The summed E-state index contributed by atoms with van der Waals surface area (Å²) in [6.45, 7) is 2.34. The lowest BCUT2D eigenvalue weighted by molar-refractivity contribution is 0.326. The van der Waals surface area contributed by atoms with Crippen LogP contribution in [0, 0.1) is 11.3 Å². The number of allylic oxidation sites excluding steroid dienone is 2. The van der Waals surface area contributed by atoms with Crippen molar-refractivity contribution < 1.29 is 0 Å². The van der Waals surface area contributed by atoms with E-state index >= 15 is 0 Å². The first kappa shape index (κ1) is 9.26. The second-order valence-corrected chi connectivity index (χ2v) is 5.15. The molecule has 13 heavy (non-hydrogen) atoms. The predicted molar refractivity (Wildman–Crippen MR) is 56.4 cm³/mol. The summed E-state index contributed by atoms with van der Waals surface area (Å²) in [5.74, 6) is 0.873. The van der Waals surface area contributed by atoms with Gasteiger partial charge in [0, 0.05) is 6.04 Å². The van der Waals surface area contributed by atoms with E-state index in [4.69, 9.17) is 5.73 Å². The number of nitrogens with two attached hydrogens (primary N) is 1. The minimum atomic E-state index is 0.462.